The van der Waals surface area contributed by atoms with Crippen LogP contribution in [-0.4, -0.2) is 16.7 Å². The molecule has 226 valence electrons. The summed E-state index contributed by atoms with van der Waals surface area (Å²) in [6.45, 7) is 0. The molecule has 0 bridgehead atoms. The number of amidine groups is 2. The summed E-state index contributed by atoms with van der Waals surface area (Å²) in [5, 5.41) is 9.90. The van der Waals surface area contributed by atoms with Crippen molar-refractivity contribution in [2.45, 2.75) is 6.17 Å². The Hall–Kier alpha value is -6.53. The number of hydrogen-bond donors (Lipinski definition) is 1. The van der Waals surface area contributed by atoms with E-state index in [1.807, 2.05) is 54.6 Å². The first kappa shape index (κ1) is 26.7. The van der Waals surface area contributed by atoms with Crippen molar-refractivity contribution >= 4 is 66.3 Å². The van der Waals surface area contributed by atoms with Gasteiger partial charge in [0.05, 0.1) is 5.39 Å². The molecule has 3 aromatic heterocycles. The monoisotopic (exact) mass is 618 g/mol. The van der Waals surface area contributed by atoms with E-state index in [9.17, 15) is 0 Å². The van der Waals surface area contributed by atoms with Crippen LogP contribution in [0.15, 0.2) is 165 Å². The van der Waals surface area contributed by atoms with E-state index in [0.29, 0.717) is 17.4 Å². The number of furan rings is 2. The lowest BCUT2D eigenvalue weighted by Gasteiger charge is -2.24. The molecular formula is C42H26N4O2. The van der Waals surface area contributed by atoms with Gasteiger partial charge in [0, 0.05) is 27.9 Å². The molecule has 48 heavy (non-hydrogen) atoms. The number of para-hydroxylation sites is 1. The van der Waals surface area contributed by atoms with E-state index in [0.717, 1.165) is 71.5 Å². The number of aliphatic imine (C=N–C) groups is 2. The maximum atomic E-state index is 6.44. The highest BCUT2D eigenvalue weighted by Gasteiger charge is 2.26. The van der Waals surface area contributed by atoms with Gasteiger partial charge in [-0.15, -0.1) is 0 Å². The normalized spacial score (nSPS) is 14.9. The van der Waals surface area contributed by atoms with Crippen molar-refractivity contribution in [1.82, 2.24) is 10.3 Å². The Labute approximate surface area is 274 Å². The van der Waals surface area contributed by atoms with Crippen LogP contribution in [0.3, 0.4) is 0 Å². The Kier molecular flexibility index (Phi) is 5.84. The summed E-state index contributed by atoms with van der Waals surface area (Å²) in [7, 11) is 0. The minimum Gasteiger partial charge on any atom is -0.456 e. The Morgan fingerprint density at radius 2 is 1.31 bits per heavy atom. The molecule has 6 heteroatoms. The second kappa shape index (κ2) is 10.5. The molecule has 0 amide bonds. The Bertz CT molecular complexity index is 2770. The molecule has 9 aromatic rings. The van der Waals surface area contributed by atoms with Crippen molar-refractivity contribution < 1.29 is 8.83 Å². The van der Waals surface area contributed by atoms with Crippen LogP contribution in [0.25, 0.3) is 65.8 Å². The van der Waals surface area contributed by atoms with E-state index in [-0.39, 0.29) is 0 Å². The van der Waals surface area contributed by atoms with E-state index >= 15 is 0 Å². The highest BCUT2D eigenvalue weighted by Crippen LogP contribution is 2.36. The van der Waals surface area contributed by atoms with Crippen molar-refractivity contribution in [2.75, 3.05) is 0 Å². The summed E-state index contributed by atoms with van der Waals surface area (Å²) >= 11 is 0. The van der Waals surface area contributed by atoms with Crippen molar-refractivity contribution in [3.05, 3.63) is 163 Å². The van der Waals surface area contributed by atoms with Gasteiger partial charge in [0.25, 0.3) is 0 Å². The molecule has 4 heterocycles. The zero-order chi connectivity index (χ0) is 31.6. The molecule has 1 atom stereocenters. The number of nitrogens with one attached hydrogen (secondary N) is 1. The predicted octanol–water partition coefficient (Wildman–Crippen LogP) is 10.2. The number of aromatic nitrogens is 1. The topological polar surface area (TPSA) is 75.9 Å². The van der Waals surface area contributed by atoms with Crippen LogP contribution in [0.5, 0.6) is 0 Å². The van der Waals surface area contributed by atoms with Gasteiger partial charge in [-0.2, -0.15) is 0 Å². The van der Waals surface area contributed by atoms with E-state index in [4.69, 9.17) is 23.8 Å². The Morgan fingerprint density at radius 3 is 2.25 bits per heavy atom. The number of hydrogen-bond acceptors (Lipinski definition) is 6. The molecule has 0 aliphatic carbocycles. The lowest BCUT2D eigenvalue weighted by Crippen LogP contribution is -2.34. The zero-order valence-electron chi connectivity index (χ0n) is 25.6. The third kappa shape index (κ3) is 4.23. The van der Waals surface area contributed by atoms with Crippen molar-refractivity contribution in [3.63, 3.8) is 0 Å². The fourth-order valence-electron chi connectivity index (χ4n) is 6.91. The largest absolute Gasteiger partial charge is 0.456 e. The summed E-state index contributed by atoms with van der Waals surface area (Å²) in [5.41, 5.74) is 8.03. The van der Waals surface area contributed by atoms with Gasteiger partial charge >= 0.3 is 0 Å². The summed E-state index contributed by atoms with van der Waals surface area (Å²) in [6.07, 6.45) is 1.36. The maximum Gasteiger partial charge on any atom is 0.178 e. The number of nitrogens with zero attached hydrogens (tertiary/aromatic N) is 3. The molecule has 10 rings (SSSR count). The molecule has 1 aliphatic rings. The van der Waals surface area contributed by atoms with Gasteiger partial charge in [-0.3, -0.25) is 4.98 Å². The number of rotatable bonds is 4. The van der Waals surface area contributed by atoms with Gasteiger partial charge in [-0.25, -0.2) is 9.98 Å². The maximum absolute atomic E-state index is 6.44. The molecule has 1 aliphatic heterocycles. The molecule has 0 saturated heterocycles. The summed E-state index contributed by atoms with van der Waals surface area (Å²) < 4.78 is 12.7. The molecular weight excluding hydrogens is 592 g/mol. The third-order valence-corrected chi connectivity index (χ3v) is 9.19. The second-order valence-corrected chi connectivity index (χ2v) is 12.1. The van der Waals surface area contributed by atoms with Gasteiger partial charge in [0.2, 0.25) is 0 Å². The predicted molar refractivity (Wildman–Crippen MR) is 194 cm³/mol. The fourth-order valence-corrected chi connectivity index (χ4v) is 6.91. The molecule has 6 aromatic carbocycles. The quantitative estimate of drug-likeness (QED) is 0.213. The number of benzene rings is 6. The van der Waals surface area contributed by atoms with Crippen LogP contribution in [-0.2, 0) is 0 Å². The molecule has 0 radical (unpaired) electrons. The minimum absolute atomic E-state index is 0.412. The fraction of sp³-hybridized carbons (Fsp3) is 0.0238. The first-order valence-corrected chi connectivity index (χ1v) is 16.0. The summed E-state index contributed by atoms with van der Waals surface area (Å²) in [4.78, 5) is 15.3. The average Bonchev–Trinajstić information content (AvgIpc) is 3.73. The second-order valence-electron chi connectivity index (χ2n) is 12.1. The van der Waals surface area contributed by atoms with Crippen molar-refractivity contribution in [2.24, 2.45) is 9.98 Å². The van der Waals surface area contributed by atoms with E-state index in [1.165, 1.54) is 5.39 Å². The highest BCUT2D eigenvalue weighted by atomic mass is 16.3. The van der Waals surface area contributed by atoms with Crippen LogP contribution in [0, 0.1) is 0 Å². The van der Waals surface area contributed by atoms with E-state index in [2.05, 4.69) is 90.2 Å². The van der Waals surface area contributed by atoms with Crippen LogP contribution >= 0.6 is 0 Å². The minimum atomic E-state index is -0.412. The van der Waals surface area contributed by atoms with E-state index in [1.54, 1.807) is 6.20 Å². The van der Waals surface area contributed by atoms with Crippen LogP contribution in [0.2, 0.25) is 0 Å². The molecule has 1 N–H and O–H groups in total. The lowest BCUT2D eigenvalue weighted by molar-refractivity contribution is 0.667. The molecule has 0 saturated carbocycles. The first-order valence-electron chi connectivity index (χ1n) is 16.0. The smallest absolute Gasteiger partial charge is 0.178 e. The SMILES string of the molecule is c1ccc(-c2ccc3c(c2)oc2ccnc(C4=NC(c5ccc6ccccc6c5)NC(c5cccc6oc7ccccc7c56)=N4)c23)cc1. The Balaban J connectivity index is 1.19. The molecule has 0 fully saturated rings. The van der Waals surface area contributed by atoms with Gasteiger partial charge in [0.15, 0.2) is 5.84 Å². The standard InChI is InChI=1S/C42H26N4O2/c1-2-9-25(10-3-1)28-19-20-31-36(24-28)48-35-21-22-43-39(38(31)35)42-45-40(29-18-17-26-11-4-5-12-27(26)23-29)44-41(46-42)32-14-8-16-34-37(32)30-13-6-7-15-33(30)47-34/h1-24,40H,(H,44,45,46). The summed E-state index contributed by atoms with van der Waals surface area (Å²) in [5.74, 6) is 1.24. The molecule has 0 spiro atoms. The molecule has 6 nitrogen and oxygen atoms in total. The van der Waals surface area contributed by atoms with Crippen LogP contribution in [0.4, 0.5) is 0 Å². The number of fused-ring (bicyclic) bond motifs is 7. The molecule has 1 unspecified atom stereocenters. The zero-order valence-corrected chi connectivity index (χ0v) is 25.6. The van der Waals surface area contributed by atoms with Gasteiger partial charge in [-0.1, -0.05) is 103 Å². The van der Waals surface area contributed by atoms with Gasteiger partial charge < -0.3 is 14.2 Å². The van der Waals surface area contributed by atoms with E-state index < -0.39 is 6.17 Å². The summed E-state index contributed by atoms with van der Waals surface area (Å²) in [6, 6.07) is 47.6. The van der Waals surface area contributed by atoms with Crippen molar-refractivity contribution in [1.29, 1.82) is 0 Å². The first-order chi connectivity index (χ1) is 23.8. The van der Waals surface area contributed by atoms with Crippen LogP contribution in [0.1, 0.15) is 23.0 Å². The average molecular weight is 619 g/mol. The Morgan fingerprint density at radius 1 is 0.542 bits per heavy atom. The van der Waals surface area contributed by atoms with Gasteiger partial charge in [-0.05, 0) is 63.9 Å². The van der Waals surface area contributed by atoms with Crippen molar-refractivity contribution in [3.8, 4) is 11.1 Å². The third-order valence-electron chi connectivity index (χ3n) is 9.19. The van der Waals surface area contributed by atoms with Gasteiger partial charge in [0.1, 0.15) is 40.0 Å². The number of pyridine rings is 1. The van der Waals surface area contributed by atoms with Crippen LogP contribution < -0.4 is 5.32 Å². The highest BCUT2D eigenvalue weighted by molar-refractivity contribution is 6.24. The lowest BCUT2D eigenvalue weighted by atomic mass is 10.0.